The number of fused-ring (bicyclic) bond motifs is 2. The van der Waals surface area contributed by atoms with Crippen molar-refractivity contribution in [3.63, 3.8) is 0 Å². The Kier molecular flexibility index (Phi) is 5.18. The minimum Gasteiger partial charge on any atom is -0.457 e. The smallest absolute Gasteiger partial charge is 0.337 e. The highest BCUT2D eigenvalue weighted by atomic mass is 16.7. The van der Waals surface area contributed by atoms with Crippen molar-refractivity contribution in [3.05, 3.63) is 59.7 Å². The summed E-state index contributed by atoms with van der Waals surface area (Å²) in [5, 5.41) is 0.463. The Morgan fingerprint density at radius 3 is 2.33 bits per heavy atom. The maximum atomic E-state index is 14.5. The molecular formula is C31H29NO10. The van der Waals surface area contributed by atoms with Crippen LogP contribution in [0.4, 0.5) is 0 Å². The summed E-state index contributed by atoms with van der Waals surface area (Å²) in [7, 11) is 0. The maximum Gasteiger partial charge on any atom is 0.337 e. The largest absolute Gasteiger partial charge is 0.457 e. The van der Waals surface area contributed by atoms with E-state index in [4.69, 9.17) is 19.0 Å². The van der Waals surface area contributed by atoms with E-state index in [1.54, 1.807) is 31.2 Å². The molecule has 4 fully saturated rings. The number of carbonyl (C=O) groups excluding carboxylic acids is 6. The summed E-state index contributed by atoms with van der Waals surface area (Å²) < 4.78 is 17.7. The van der Waals surface area contributed by atoms with Gasteiger partial charge in [0.1, 0.15) is 22.7 Å². The first-order chi connectivity index (χ1) is 19.8. The molecule has 1 spiro atoms. The van der Waals surface area contributed by atoms with Gasteiger partial charge in [0.25, 0.3) is 11.8 Å². The number of rotatable bonds is 4. The highest BCUT2D eigenvalue weighted by Crippen LogP contribution is 2.78. The molecule has 3 saturated carbocycles. The van der Waals surface area contributed by atoms with Crippen molar-refractivity contribution in [1.82, 2.24) is 5.06 Å². The molecule has 2 heterocycles. The molecule has 2 amide bonds. The van der Waals surface area contributed by atoms with Crippen molar-refractivity contribution in [2.75, 3.05) is 0 Å². The van der Waals surface area contributed by atoms with Crippen LogP contribution in [0.25, 0.3) is 0 Å². The van der Waals surface area contributed by atoms with Crippen LogP contribution in [0.1, 0.15) is 67.2 Å². The lowest BCUT2D eigenvalue weighted by atomic mass is 9.61. The van der Waals surface area contributed by atoms with E-state index in [2.05, 4.69) is 6.58 Å². The average molecular weight is 576 g/mol. The van der Waals surface area contributed by atoms with E-state index < -0.39 is 81.6 Å². The van der Waals surface area contributed by atoms with Gasteiger partial charge in [-0.25, -0.2) is 4.79 Å². The van der Waals surface area contributed by atoms with Gasteiger partial charge >= 0.3 is 23.9 Å². The number of hydrogen-bond acceptors (Lipinski definition) is 10. The molecule has 2 aliphatic heterocycles. The van der Waals surface area contributed by atoms with Crippen LogP contribution >= 0.6 is 0 Å². The molecule has 0 N–H and O–H groups in total. The monoisotopic (exact) mass is 575 g/mol. The predicted molar refractivity (Wildman–Crippen MR) is 140 cm³/mol. The van der Waals surface area contributed by atoms with Crippen molar-refractivity contribution in [2.24, 2.45) is 28.6 Å². The Balaban J connectivity index is 1.36. The van der Waals surface area contributed by atoms with E-state index in [-0.39, 0.29) is 24.0 Å². The number of imide groups is 1. The van der Waals surface area contributed by atoms with Crippen molar-refractivity contribution in [2.45, 2.75) is 63.8 Å². The minimum atomic E-state index is -1.48. The van der Waals surface area contributed by atoms with Crippen molar-refractivity contribution < 1.29 is 47.8 Å². The lowest BCUT2D eigenvalue weighted by molar-refractivity contribution is -0.186. The standard InChI is InChI=1S/C31H29NO10/c1-15-13-29-14-30(15,40-17(3)34)11-9-20(29)31-12-10-21(39-16(2)33)28(4,27(38)41-31)23(31)22(29)26(37)42-32-24(35)18-7-5-6-8-19(18)25(32)36/h5-8,10,12,20-23H,1,9,11,13-14H2,2-4H3/t20-,21+,22-,23-,28-,29+,30+,31-/m1/s1. The van der Waals surface area contributed by atoms with E-state index in [1.807, 2.05) is 0 Å². The van der Waals surface area contributed by atoms with E-state index in [0.717, 1.165) is 0 Å². The third kappa shape index (κ3) is 3.00. The number of benzene rings is 1. The van der Waals surface area contributed by atoms with Gasteiger partial charge in [0.15, 0.2) is 0 Å². The van der Waals surface area contributed by atoms with Crippen LogP contribution in [-0.4, -0.2) is 58.1 Å². The topological polar surface area (TPSA) is 143 Å². The highest BCUT2D eigenvalue weighted by molar-refractivity contribution is 6.21. The molecule has 1 aromatic carbocycles. The number of hydrogen-bond donors (Lipinski definition) is 0. The second-order valence-corrected chi connectivity index (χ2v) is 12.6. The fraction of sp³-hybridized carbons (Fsp3) is 0.484. The predicted octanol–water partition coefficient (Wildman–Crippen LogP) is 2.84. The third-order valence-electron chi connectivity index (χ3n) is 10.6. The summed E-state index contributed by atoms with van der Waals surface area (Å²) in [6.07, 6.45) is 3.68. The zero-order valence-electron chi connectivity index (χ0n) is 23.3. The molecule has 7 rings (SSSR count). The first-order valence-electron chi connectivity index (χ1n) is 14.0. The molecule has 11 nitrogen and oxygen atoms in total. The first-order valence-corrected chi connectivity index (χ1v) is 14.0. The van der Waals surface area contributed by atoms with E-state index in [0.29, 0.717) is 23.5 Å². The summed E-state index contributed by atoms with van der Waals surface area (Å²) in [5.74, 6) is -6.55. The second kappa shape index (κ2) is 8.17. The van der Waals surface area contributed by atoms with E-state index in [1.165, 1.54) is 26.0 Å². The number of hydroxylamine groups is 2. The quantitative estimate of drug-likeness (QED) is 0.228. The van der Waals surface area contributed by atoms with Crippen molar-refractivity contribution in [3.8, 4) is 0 Å². The van der Waals surface area contributed by atoms with Gasteiger partial charge in [-0.2, -0.15) is 0 Å². The Hall–Kier alpha value is -4.28. The molecule has 218 valence electrons. The fourth-order valence-corrected chi connectivity index (χ4v) is 9.25. The molecule has 6 aliphatic rings. The molecule has 4 aliphatic carbocycles. The SMILES string of the molecule is C=C1C[C@]23C[C@@]1(OC(C)=O)CC[C@H]2[C@@]12C=C[C@H](OC(C)=O)[C@@](C)(C(=O)O1)[C@H]2[C@@H]3C(=O)ON1C(=O)c2ccccc2C1=O. The number of ether oxygens (including phenoxy) is 3. The Bertz CT molecular complexity index is 1540. The normalized spacial score (nSPS) is 40.3. The summed E-state index contributed by atoms with van der Waals surface area (Å²) in [4.78, 5) is 84.4. The number of esters is 3. The number of amides is 2. The lowest BCUT2D eigenvalue weighted by Gasteiger charge is -2.45. The van der Waals surface area contributed by atoms with Gasteiger partial charge in [0, 0.05) is 25.7 Å². The summed E-state index contributed by atoms with van der Waals surface area (Å²) in [5.41, 5.74) is -3.85. The van der Waals surface area contributed by atoms with Gasteiger partial charge in [-0.3, -0.25) is 24.0 Å². The summed E-state index contributed by atoms with van der Waals surface area (Å²) in [6.45, 7) is 8.40. The van der Waals surface area contributed by atoms with Crippen LogP contribution in [0.5, 0.6) is 0 Å². The van der Waals surface area contributed by atoms with Crippen LogP contribution in [-0.2, 0) is 38.2 Å². The third-order valence-corrected chi connectivity index (χ3v) is 10.6. The molecule has 4 bridgehead atoms. The van der Waals surface area contributed by atoms with Gasteiger partial charge in [0.2, 0.25) is 0 Å². The molecule has 8 atom stereocenters. The van der Waals surface area contributed by atoms with Gasteiger partial charge in [-0.15, -0.1) is 0 Å². The minimum absolute atomic E-state index is 0.107. The highest BCUT2D eigenvalue weighted by Gasteiger charge is 2.84. The second-order valence-electron chi connectivity index (χ2n) is 12.6. The Morgan fingerprint density at radius 1 is 1.05 bits per heavy atom. The van der Waals surface area contributed by atoms with E-state index >= 15 is 0 Å². The van der Waals surface area contributed by atoms with E-state index in [9.17, 15) is 28.8 Å². The Labute approximate surface area is 240 Å². The molecule has 1 aromatic rings. The van der Waals surface area contributed by atoms with Crippen LogP contribution in [0, 0.1) is 28.6 Å². The van der Waals surface area contributed by atoms with Crippen molar-refractivity contribution in [1.29, 1.82) is 0 Å². The van der Waals surface area contributed by atoms with Gasteiger partial charge in [0.05, 0.1) is 17.0 Å². The lowest BCUT2D eigenvalue weighted by Crippen LogP contribution is -2.52. The molecule has 1 saturated heterocycles. The van der Waals surface area contributed by atoms with Crippen LogP contribution < -0.4 is 0 Å². The van der Waals surface area contributed by atoms with Crippen LogP contribution in [0.15, 0.2) is 48.6 Å². The van der Waals surface area contributed by atoms with Crippen LogP contribution in [0.3, 0.4) is 0 Å². The van der Waals surface area contributed by atoms with Gasteiger partial charge in [-0.05, 0) is 67.9 Å². The van der Waals surface area contributed by atoms with Crippen molar-refractivity contribution >= 4 is 35.7 Å². The van der Waals surface area contributed by atoms with Gasteiger partial charge < -0.3 is 19.0 Å². The first kappa shape index (κ1) is 26.6. The van der Waals surface area contributed by atoms with Crippen LogP contribution in [0.2, 0.25) is 0 Å². The zero-order chi connectivity index (χ0) is 30.0. The Morgan fingerprint density at radius 2 is 1.71 bits per heavy atom. The molecule has 0 radical (unpaired) electrons. The molecule has 42 heavy (non-hydrogen) atoms. The average Bonchev–Trinajstić information content (AvgIpc) is 3.45. The summed E-state index contributed by atoms with van der Waals surface area (Å²) in [6, 6.07) is 6.15. The molecule has 11 heteroatoms. The number of carbonyl (C=O) groups is 6. The molecule has 0 aromatic heterocycles. The summed E-state index contributed by atoms with van der Waals surface area (Å²) >= 11 is 0. The molecule has 0 unspecified atom stereocenters. The molecular weight excluding hydrogens is 546 g/mol. The number of nitrogens with zero attached hydrogens (tertiary/aromatic N) is 1. The maximum absolute atomic E-state index is 14.5. The van der Waals surface area contributed by atoms with Gasteiger partial charge in [-0.1, -0.05) is 23.8 Å². The zero-order valence-corrected chi connectivity index (χ0v) is 23.3. The fourth-order valence-electron chi connectivity index (χ4n) is 9.25.